The number of nitrogens with one attached hydrogen (secondary N) is 1. The summed E-state index contributed by atoms with van der Waals surface area (Å²) in [5.41, 5.74) is 0.0652. The topological polar surface area (TPSA) is 69.6 Å². The van der Waals surface area contributed by atoms with Gasteiger partial charge in [-0.3, -0.25) is 4.79 Å². The molecule has 1 atom stereocenters. The Morgan fingerprint density at radius 1 is 1.24 bits per heavy atom. The Hall–Kier alpha value is -2.11. The van der Waals surface area contributed by atoms with Gasteiger partial charge < -0.3 is 15.3 Å². The van der Waals surface area contributed by atoms with Gasteiger partial charge in [-0.15, -0.1) is 0 Å². The number of urea groups is 1. The molecule has 5 nitrogen and oxygen atoms in total. The van der Waals surface area contributed by atoms with Crippen LogP contribution in [-0.4, -0.2) is 41.1 Å². The molecule has 0 radical (unpaired) electrons. The minimum Gasteiger partial charge on any atom is -0.481 e. The van der Waals surface area contributed by atoms with Crippen LogP contribution in [0.15, 0.2) is 24.3 Å². The molecule has 1 aliphatic heterocycles. The lowest BCUT2D eigenvalue weighted by molar-refractivity contribution is -0.142. The molecule has 0 aromatic heterocycles. The zero-order valence-electron chi connectivity index (χ0n) is 14.5. The molecule has 0 bridgehead atoms. The maximum absolute atomic E-state index is 15.3. The summed E-state index contributed by atoms with van der Waals surface area (Å²) in [6.45, 7) is 2.34. The third-order valence-corrected chi connectivity index (χ3v) is 5.54. The van der Waals surface area contributed by atoms with Gasteiger partial charge in [0.25, 0.3) is 0 Å². The van der Waals surface area contributed by atoms with Crippen LogP contribution in [0.2, 0.25) is 0 Å². The van der Waals surface area contributed by atoms with Gasteiger partial charge in [0, 0.05) is 19.0 Å². The summed E-state index contributed by atoms with van der Waals surface area (Å²) < 4.78 is 15.3. The Morgan fingerprint density at radius 2 is 1.92 bits per heavy atom. The summed E-state index contributed by atoms with van der Waals surface area (Å²) in [4.78, 5) is 25.0. The zero-order valence-corrected chi connectivity index (χ0v) is 14.5. The summed E-state index contributed by atoms with van der Waals surface area (Å²) in [5, 5.41) is 12.0. The fourth-order valence-corrected chi connectivity index (χ4v) is 3.99. The average molecular weight is 348 g/mol. The molecule has 2 N–H and O–H groups in total. The van der Waals surface area contributed by atoms with E-state index in [4.69, 9.17) is 5.11 Å². The van der Waals surface area contributed by atoms with Crippen molar-refractivity contribution < 1.29 is 19.1 Å². The molecule has 2 fully saturated rings. The number of aliphatic carboxylic acids is 1. The van der Waals surface area contributed by atoms with E-state index in [1.54, 1.807) is 6.07 Å². The number of carboxylic acid groups (broad SMARTS) is 1. The van der Waals surface area contributed by atoms with E-state index in [1.165, 1.54) is 4.90 Å². The second-order valence-corrected chi connectivity index (χ2v) is 7.29. The number of benzene rings is 1. The zero-order chi connectivity index (χ0) is 18.0. The van der Waals surface area contributed by atoms with Gasteiger partial charge in [-0.25, -0.2) is 9.18 Å². The quantitative estimate of drug-likeness (QED) is 0.881. The van der Waals surface area contributed by atoms with Crippen LogP contribution in [0.4, 0.5) is 9.18 Å². The van der Waals surface area contributed by atoms with Crippen molar-refractivity contribution in [3.63, 3.8) is 0 Å². The minimum absolute atomic E-state index is 0.0174. The number of alkyl halides is 1. The number of aryl methyl sites for hydroxylation is 1. The molecule has 3 rings (SSSR count). The molecule has 1 heterocycles. The molecule has 1 aromatic rings. The molecule has 1 saturated heterocycles. The van der Waals surface area contributed by atoms with Crippen molar-refractivity contribution in [2.45, 2.75) is 50.7 Å². The van der Waals surface area contributed by atoms with Gasteiger partial charge in [0.2, 0.25) is 0 Å². The van der Waals surface area contributed by atoms with Crippen LogP contribution in [0.5, 0.6) is 0 Å². The summed E-state index contributed by atoms with van der Waals surface area (Å²) in [5.74, 6) is -1.07. The fraction of sp³-hybridized carbons (Fsp3) is 0.579. The van der Waals surface area contributed by atoms with Gasteiger partial charge in [0.1, 0.15) is 0 Å². The molecule has 25 heavy (non-hydrogen) atoms. The van der Waals surface area contributed by atoms with Crippen molar-refractivity contribution >= 4 is 12.0 Å². The molecule has 1 aromatic carbocycles. The first-order valence-corrected chi connectivity index (χ1v) is 8.92. The number of likely N-dealkylation sites (tertiary alicyclic amines) is 1. The molecule has 2 amide bonds. The Bertz CT molecular complexity index is 658. The van der Waals surface area contributed by atoms with Crippen LogP contribution >= 0.6 is 0 Å². The van der Waals surface area contributed by atoms with Gasteiger partial charge in [-0.05, 0) is 43.7 Å². The van der Waals surface area contributed by atoms with E-state index in [9.17, 15) is 9.59 Å². The fourth-order valence-electron chi connectivity index (χ4n) is 3.99. The van der Waals surface area contributed by atoms with Crippen LogP contribution in [0.25, 0.3) is 0 Å². The lowest BCUT2D eigenvalue weighted by Gasteiger charge is -2.29. The number of carbonyl (C=O) groups excluding carboxylic acids is 1. The van der Waals surface area contributed by atoms with Crippen LogP contribution in [-0.2, 0) is 10.5 Å². The number of carboxylic acids is 1. The smallest absolute Gasteiger partial charge is 0.317 e. The standard InChI is InChI=1S/C19H25FN2O3/c1-13-4-2-3-5-16(13)19(20)10-11-22(12-19)18(25)21-15-8-6-14(7-9-15)17(23)24/h2-5,14-15H,6-12H2,1H3,(H,21,25)(H,23,24). The normalized spacial score (nSPS) is 29.4. The third kappa shape index (κ3) is 3.78. The molecular formula is C19H25FN2O3. The Labute approximate surface area is 147 Å². The molecule has 1 aliphatic carbocycles. The molecule has 6 heteroatoms. The first-order valence-electron chi connectivity index (χ1n) is 8.92. The third-order valence-electron chi connectivity index (χ3n) is 5.54. The van der Waals surface area contributed by atoms with Crippen molar-refractivity contribution in [1.29, 1.82) is 0 Å². The van der Waals surface area contributed by atoms with Crippen LogP contribution in [0, 0.1) is 12.8 Å². The van der Waals surface area contributed by atoms with Gasteiger partial charge in [-0.2, -0.15) is 0 Å². The van der Waals surface area contributed by atoms with Gasteiger partial charge >= 0.3 is 12.0 Å². The summed E-state index contributed by atoms with van der Waals surface area (Å²) in [6.07, 6.45) is 2.79. The summed E-state index contributed by atoms with van der Waals surface area (Å²) in [6, 6.07) is 7.13. The molecule has 136 valence electrons. The number of hydrogen-bond donors (Lipinski definition) is 2. The van der Waals surface area contributed by atoms with E-state index in [2.05, 4.69) is 5.32 Å². The predicted octanol–water partition coefficient (Wildman–Crippen LogP) is 3.22. The second-order valence-electron chi connectivity index (χ2n) is 7.29. The van der Waals surface area contributed by atoms with E-state index >= 15 is 4.39 Å². The van der Waals surface area contributed by atoms with Crippen molar-refractivity contribution in [3.8, 4) is 0 Å². The molecular weight excluding hydrogens is 323 g/mol. The number of halogens is 1. The lowest BCUT2D eigenvalue weighted by Crippen LogP contribution is -2.46. The van der Waals surface area contributed by atoms with Crippen LogP contribution in [0.3, 0.4) is 0 Å². The van der Waals surface area contributed by atoms with Crippen LogP contribution in [0.1, 0.15) is 43.2 Å². The SMILES string of the molecule is Cc1ccccc1C1(F)CCN(C(=O)NC2CCC(C(=O)O)CC2)C1. The summed E-state index contributed by atoms with van der Waals surface area (Å²) in [7, 11) is 0. The Balaban J connectivity index is 1.56. The van der Waals surface area contributed by atoms with E-state index in [0.717, 1.165) is 5.56 Å². The predicted molar refractivity (Wildman–Crippen MR) is 92.1 cm³/mol. The monoisotopic (exact) mass is 348 g/mol. The highest BCUT2D eigenvalue weighted by Gasteiger charge is 2.43. The first-order chi connectivity index (χ1) is 11.9. The summed E-state index contributed by atoms with van der Waals surface area (Å²) >= 11 is 0. The minimum atomic E-state index is -1.50. The van der Waals surface area contributed by atoms with E-state index < -0.39 is 11.6 Å². The van der Waals surface area contributed by atoms with Crippen molar-refractivity contribution in [2.75, 3.05) is 13.1 Å². The van der Waals surface area contributed by atoms with Crippen molar-refractivity contribution in [1.82, 2.24) is 10.2 Å². The molecule has 0 spiro atoms. The van der Waals surface area contributed by atoms with E-state index in [0.29, 0.717) is 44.2 Å². The number of nitrogens with zero attached hydrogens (tertiary/aromatic N) is 1. The number of carbonyl (C=O) groups is 2. The first kappa shape index (κ1) is 17.7. The molecule has 2 aliphatic rings. The highest BCUT2D eigenvalue weighted by molar-refractivity contribution is 5.75. The number of amides is 2. The number of rotatable bonds is 3. The van der Waals surface area contributed by atoms with Gasteiger partial charge in [0.15, 0.2) is 5.67 Å². The van der Waals surface area contributed by atoms with Crippen molar-refractivity contribution in [2.24, 2.45) is 5.92 Å². The number of hydrogen-bond acceptors (Lipinski definition) is 2. The van der Waals surface area contributed by atoms with Gasteiger partial charge in [-0.1, -0.05) is 24.3 Å². The molecule has 1 saturated carbocycles. The second kappa shape index (κ2) is 7.02. The van der Waals surface area contributed by atoms with Crippen molar-refractivity contribution in [3.05, 3.63) is 35.4 Å². The van der Waals surface area contributed by atoms with Crippen LogP contribution < -0.4 is 5.32 Å². The average Bonchev–Trinajstić information content (AvgIpc) is 2.99. The highest BCUT2D eigenvalue weighted by Crippen LogP contribution is 2.37. The van der Waals surface area contributed by atoms with E-state index in [1.807, 2.05) is 25.1 Å². The van der Waals surface area contributed by atoms with E-state index in [-0.39, 0.29) is 24.5 Å². The largest absolute Gasteiger partial charge is 0.481 e. The highest BCUT2D eigenvalue weighted by atomic mass is 19.1. The Morgan fingerprint density at radius 3 is 2.56 bits per heavy atom. The molecule has 1 unspecified atom stereocenters. The van der Waals surface area contributed by atoms with Gasteiger partial charge in [0.05, 0.1) is 12.5 Å². The lowest BCUT2D eigenvalue weighted by atomic mass is 9.86. The Kier molecular flexibility index (Phi) is 4.97. The maximum Gasteiger partial charge on any atom is 0.317 e. The maximum atomic E-state index is 15.3.